The predicted octanol–water partition coefficient (Wildman–Crippen LogP) is 7.33. The SMILES string of the molecule is CCc1nc2ccc(C3CCN(S(C)(=O)=O)CC3)cn2c1-c1ccc(-c2nc(-c3ccc(OC(F)(F)F)cc3)c(CO)s2)c(F)c1C. The summed E-state index contributed by atoms with van der Waals surface area (Å²) in [6.45, 7) is 4.21. The molecule has 6 rings (SSSR count). The summed E-state index contributed by atoms with van der Waals surface area (Å²) in [5, 5.41) is 10.4. The van der Waals surface area contributed by atoms with Crippen LogP contribution in [-0.2, 0) is 23.1 Å². The lowest BCUT2D eigenvalue weighted by Crippen LogP contribution is -2.37. The number of halogens is 4. The molecule has 3 aromatic heterocycles. The number of sulfonamides is 1. The van der Waals surface area contributed by atoms with Crippen LogP contribution in [0.5, 0.6) is 5.75 Å². The van der Waals surface area contributed by atoms with E-state index in [9.17, 15) is 26.7 Å². The molecular formula is C33H32F4N4O4S2. The van der Waals surface area contributed by atoms with E-state index < -0.39 is 22.2 Å². The molecule has 4 heterocycles. The Morgan fingerprint density at radius 2 is 1.70 bits per heavy atom. The molecule has 1 N–H and O–H groups in total. The standard InChI is InChI=1S/C33H32F4N4O4S2/c1-4-26-31(41-17-22(7-12-28(41)38-26)20-13-15-40(16-14-20)47(3,43)44)24-10-11-25(29(34)19(24)2)32-39-30(27(18-42)46-32)21-5-8-23(9-6-21)45-33(35,36)37/h5-12,17,20,42H,4,13-16,18H2,1-3H3. The lowest BCUT2D eigenvalue weighted by Gasteiger charge is -2.30. The second-order valence-electron chi connectivity index (χ2n) is 11.5. The largest absolute Gasteiger partial charge is 0.573 e. The number of aliphatic hydroxyl groups excluding tert-OH is 1. The third-order valence-electron chi connectivity index (χ3n) is 8.52. The number of rotatable bonds is 8. The van der Waals surface area contributed by atoms with E-state index >= 15 is 4.39 Å². The summed E-state index contributed by atoms with van der Waals surface area (Å²) in [5.41, 5.74) is 5.46. The molecule has 0 aliphatic carbocycles. The van der Waals surface area contributed by atoms with Gasteiger partial charge in [-0.05, 0) is 79.6 Å². The summed E-state index contributed by atoms with van der Waals surface area (Å²) < 4.78 is 85.5. The predicted molar refractivity (Wildman–Crippen MR) is 172 cm³/mol. The number of pyridine rings is 1. The normalized spacial score (nSPS) is 15.1. The molecule has 47 heavy (non-hydrogen) atoms. The van der Waals surface area contributed by atoms with E-state index in [1.165, 1.54) is 22.7 Å². The van der Waals surface area contributed by atoms with Crippen LogP contribution in [0, 0.1) is 12.7 Å². The molecule has 0 amide bonds. The van der Waals surface area contributed by atoms with Gasteiger partial charge in [0.1, 0.15) is 22.2 Å². The van der Waals surface area contributed by atoms with Gasteiger partial charge in [0.2, 0.25) is 10.0 Å². The highest BCUT2D eigenvalue weighted by atomic mass is 32.2. The fourth-order valence-corrected chi connectivity index (χ4v) is 7.96. The number of hydrogen-bond acceptors (Lipinski definition) is 7. The van der Waals surface area contributed by atoms with Gasteiger partial charge in [0, 0.05) is 36.0 Å². The average molecular weight is 689 g/mol. The Kier molecular flexibility index (Phi) is 8.89. The maximum atomic E-state index is 16.2. The molecular weight excluding hydrogens is 657 g/mol. The molecule has 2 aromatic carbocycles. The number of fused-ring (bicyclic) bond motifs is 1. The van der Waals surface area contributed by atoms with Gasteiger partial charge in [-0.15, -0.1) is 24.5 Å². The first kappa shape index (κ1) is 33.1. The number of nitrogens with zero attached hydrogens (tertiary/aromatic N) is 4. The summed E-state index contributed by atoms with van der Waals surface area (Å²) in [4.78, 5) is 9.84. The van der Waals surface area contributed by atoms with Crippen molar-refractivity contribution in [3.8, 4) is 38.8 Å². The van der Waals surface area contributed by atoms with Gasteiger partial charge in [-0.1, -0.05) is 19.1 Å². The van der Waals surface area contributed by atoms with Gasteiger partial charge in [-0.2, -0.15) is 0 Å². The molecule has 1 saturated heterocycles. The molecule has 0 bridgehead atoms. The maximum absolute atomic E-state index is 16.2. The molecule has 0 saturated carbocycles. The number of hydrogen-bond donors (Lipinski definition) is 1. The van der Waals surface area contributed by atoms with Crippen LogP contribution in [0.25, 0.3) is 38.7 Å². The monoisotopic (exact) mass is 688 g/mol. The molecule has 14 heteroatoms. The van der Waals surface area contributed by atoms with Gasteiger partial charge in [0.05, 0.1) is 34.8 Å². The van der Waals surface area contributed by atoms with E-state index in [-0.39, 0.29) is 23.8 Å². The molecule has 0 atom stereocenters. The molecule has 248 valence electrons. The number of thiazole rings is 1. The zero-order valence-corrected chi connectivity index (χ0v) is 27.4. The minimum Gasteiger partial charge on any atom is -0.406 e. The molecule has 1 aliphatic rings. The van der Waals surface area contributed by atoms with E-state index in [1.807, 2.05) is 35.7 Å². The highest BCUT2D eigenvalue weighted by Gasteiger charge is 2.31. The summed E-state index contributed by atoms with van der Waals surface area (Å²) in [6.07, 6.45) is 0.439. The topological polar surface area (TPSA) is 97.0 Å². The number of aliphatic hydroxyl groups is 1. The van der Waals surface area contributed by atoms with E-state index in [1.54, 1.807) is 13.0 Å². The van der Waals surface area contributed by atoms with Crippen LogP contribution < -0.4 is 4.74 Å². The Labute approximate surface area is 273 Å². The molecule has 0 unspecified atom stereocenters. The highest BCUT2D eigenvalue weighted by molar-refractivity contribution is 7.88. The lowest BCUT2D eigenvalue weighted by atomic mass is 9.91. The number of imidazole rings is 1. The molecule has 0 radical (unpaired) electrons. The third-order valence-corrected chi connectivity index (χ3v) is 10.9. The van der Waals surface area contributed by atoms with Crippen molar-refractivity contribution in [1.29, 1.82) is 0 Å². The number of ether oxygens (including phenoxy) is 1. The Balaban J connectivity index is 1.34. The third kappa shape index (κ3) is 6.64. The summed E-state index contributed by atoms with van der Waals surface area (Å²) in [7, 11) is -3.24. The van der Waals surface area contributed by atoms with Crippen LogP contribution in [-0.4, -0.2) is 57.9 Å². The molecule has 1 aliphatic heterocycles. The maximum Gasteiger partial charge on any atom is 0.573 e. The van der Waals surface area contributed by atoms with Gasteiger partial charge in [0.15, 0.2) is 0 Å². The molecule has 1 fully saturated rings. The highest BCUT2D eigenvalue weighted by Crippen LogP contribution is 2.40. The van der Waals surface area contributed by atoms with Crippen molar-refractivity contribution < 1.29 is 35.8 Å². The Bertz CT molecular complexity index is 2050. The minimum atomic E-state index is -4.82. The van der Waals surface area contributed by atoms with Gasteiger partial charge < -0.3 is 9.84 Å². The number of aryl methyl sites for hydroxylation is 1. The van der Waals surface area contributed by atoms with Crippen LogP contribution in [0.4, 0.5) is 17.6 Å². The average Bonchev–Trinajstić information content (AvgIpc) is 3.63. The van der Waals surface area contributed by atoms with Crippen molar-refractivity contribution in [2.45, 2.75) is 52.0 Å². The van der Waals surface area contributed by atoms with Crippen molar-refractivity contribution >= 4 is 27.0 Å². The van der Waals surface area contributed by atoms with Crippen LogP contribution in [0.3, 0.4) is 0 Å². The van der Waals surface area contributed by atoms with E-state index in [0.29, 0.717) is 64.6 Å². The fraction of sp³-hybridized carbons (Fsp3) is 0.333. The molecule has 8 nitrogen and oxygen atoms in total. The Hall–Kier alpha value is -3.85. The van der Waals surface area contributed by atoms with Crippen LogP contribution in [0.1, 0.15) is 47.4 Å². The second kappa shape index (κ2) is 12.6. The first-order valence-corrected chi connectivity index (χ1v) is 17.7. The van der Waals surface area contributed by atoms with E-state index in [2.05, 4.69) is 9.72 Å². The Morgan fingerprint density at radius 3 is 2.32 bits per heavy atom. The Morgan fingerprint density at radius 1 is 1.02 bits per heavy atom. The van der Waals surface area contributed by atoms with Crippen molar-refractivity contribution in [3.63, 3.8) is 0 Å². The zero-order valence-electron chi connectivity index (χ0n) is 25.8. The first-order valence-electron chi connectivity index (χ1n) is 15.0. The number of alkyl halides is 3. The second-order valence-corrected chi connectivity index (χ2v) is 14.6. The smallest absolute Gasteiger partial charge is 0.406 e. The zero-order chi connectivity index (χ0) is 33.7. The van der Waals surface area contributed by atoms with Gasteiger partial charge >= 0.3 is 6.36 Å². The van der Waals surface area contributed by atoms with Crippen molar-refractivity contribution in [3.05, 3.63) is 82.2 Å². The van der Waals surface area contributed by atoms with Crippen LogP contribution >= 0.6 is 11.3 Å². The number of aromatic nitrogens is 3. The summed E-state index contributed by atoms with van der Waals surface area (Å²) >= 11 is 1.11. The van der Waals surface area contributed by atoms with Crippen molar-refractivity contribution in [1.82, 2.24) is 18.7 Å². The minimum absolute atomic E-state index is 0.172. The molecule has 0 spiro atoms. The molecule has 5 aromatic rings. The van der Waals surface area contributed by atoms with Gasteiger partial charge in [0.25, 0.3) is 0 Å². The summed E-state index contributed by atoms with van der Waals surface area (Å²) in [6, 6.07) is 12.6. The quantitative estimate of drug-likeness (QED) is 0.172. The fourth-order valence-electron chi connectivity index (χ4n) is 6.12. The van der Waals surface area contributed by atoms with Crippen LogP contribution in [0.2, 0.25) is 0 Å². The number of benzene rings is 2. The van der Waals surface area contributed by atoms with Gasteiger partial charge in [-0.3, -0.25) is 4.40 Å². The lowest BCUT2D eigenvalue weighted by molar-refractivity contribution is -0.274. The van der Waals surface area contributed by atoms with E-state index in [4.69, 9.17) is 4.98 Å². The van der Waals surface area contributed by atoms with Crippen molar-refractivity contribution in [2.24, 2.45) is 0 Å². The number of piperidine rings is 1. The van der Waals surface area contributed by atoms with Gasteiger partial charge in [-0.25, -0.2) is 27.1 Å². The van der Waals surface area contributed by atoms with Crippen molar-refractivity contribution in [2.75, 3.05) is 19.3 Å². The van der Waals surface area contributed by atoms with E-state index in [0.717, 1.165) is 46.1 Å². The van der Waals surface area contributed by atoms with Crippen LogP contribution in [0.15, 0.2) is 54.7 Å². The summed E-state index contributed by atoms with van der Waals surface area (Å²) in [5.74, 6) is -0.698. The first-order chi connectivity index (χ1) is 22.3.